The molecule has 1 heterocycles. The quantitative estimate of drug-likeness (QED) is 0.0674. The van der Waals surface area contributed by atoms with Crippen molar-refractivity contribution >= 4 is 34.7 Å². The third-order valence-corrected chi connectivity index (χ3v) is 7.37. The van der Waals surface area contributed by atoms with Crippen LogP contribution in [0.1, 0.15) is 43.2 Å². The van der Waals surface area contributed by atoms with Gasteiger partial charge in [0.15, 0.2) is 5.75 Å². The van der Waals surface area contributed by atoms with Crippen LogP contribution in [0.3, 0.4) is 0 Å². The SMILES string of the molecule is NCCCCC(=O)Nc1cc(C(F)(F)F)cc(NC(=O)Nc2cccc(Oc3cc(NCCCN)cc(C(F)(F)F)c3)c2)c1OC1CCNC1. The van der Waals surface area contributed by atoms with Crippen molar-refractivity contribution in [3.05, 3.63) is 65.7 Å². The second-order valence-electron chi connectivity index (χ2n) is 11.4. The average molecular weight is 712 g/mol. The molecule has 3 aromatic rings. The summed E-state index contributed by atoms with van der Waals surface area (Å²) in [6.07, 6.45) is -7.93. The summed E-state index contributed by atoms with van der Waals surface area (Å²) >= 11 is 0. The van der Waals surface area contributed by atoms with Crippen molar-refractivity contribution in [2.24, 2.45) is 11.5 Å². The van der Waals surface area contributed by atoms with E-state index in [4.69, 9.17) is 20.9 Å². The van der Waals surface area contributed by atoms with Gasteiger partial charge in [-0.25, -0.2) is 4.79 Å². The number of ether oxygens (including phenoxy) is 2. The molecule has 1 saturated heterocycles. The van der Waals surface area contributed by atoms with Gasteiger partial charge in [-0.2, -0.15) is 26.3 Å². The van der Waals surface area contributed by atoms with Gasteiger partial charge in [-0.15, -0.1) is 0 Å². The molecular formula is C33H39F6N7O4. The van der Waals surface area contributed by atoms with Gasteiger partial charge in [0.25, 0.3) is 0 Å². The van der Waals surface area contributed by atoms with Crippen molar-refractivity contribution in [3.8, 4) is 17.2 Å². The van der Waals surface area contributed by atoms with E-state index in [0.717, 1.165) is 18.2 Å². The molecule has 1 aliphatic heterocycles. The van der Waals surface area contributed by atoms with Crippen molar-refractivity contribution < 1.29 is 45.4 Å². The van der Waals surface area contributed by atoms with Crippen molar-refractivity contribution in [1.82, 2.24) is 5.32 Å². The molecule has 50 heavy (non-hydrogen) atoms. The Kier molecular flexibility index (Phi) is 13.1. The summed E-state index contributed by atoms with van der Waals surface area (Å²) in [5.74, 6) is -0.793. The molecule has 0 saturated carbocycles. The number of nitrogens with two attached hydrogens (primary N) is 2. The van der Waals surface area contributed by atoms with Crippen LogP contribution in [-0.2, 0) is 17.1 Å². The fourth-order valence-corrected chi connectivity index (χ4v) is 4.96. The lowest BCUT2D eigenvalue weighted by Gasteiger charge is -2.22. The average Bonchev–Trinajstić information content (AvgIpc) is 3.55. The third-order valence-electron chi connectivity index (χ3n) is 7.37. The highest BCUT2D eigenvalue weighted by molar-refractivity contribution is 6.02. The molecule has 4 rings (SSSR count). The maximum Gasteiger partial charge on any atom is 0.416 e. The summed E-state index contributed by atoms with van der Waals surface area (Å²) < 4.78 is 94.4. The van der Waals surface area contributed by atoms with E-state index < -0.39 is 41.5 Å². The number of alkyl halides is 6. The molecule has 0 bridgehead atoms. The third kappa shape index (κ3) is 11.4. The first-order valence-electron chi connectivity index (χ1n) is 15.9. The summed E-state index contributed by atoms with van der Waals surface area (Å²) in [6.45, 7) is 2.01. The predicted molar refractivity (Wildman–Crippen MR) is 178 cm³/mol. The minimum Gasteiger partial charge on any atom is -0.485 e. The van der Waals surface area contributed by atoms with Gasteiger partial charge in [-0.1, -0.05) is 6.07 Å². The predicted octanol–water partition coefficient (Wildman–Crippen LogP) is 6.73. The number of unbranched alkanes of at least 4 members (excludes halogenated alkanes) is 1. The largest absolute Gasteiger partial charge is 0.485 e. The highest BCUT2D eigenvalue weighted by Crippen LogP contribution is 2.42. The van der Waals surface area contributed by atoms with Gasteiger partial charge in [0, 0.05) is 43.0 Å². The smallest absolute Gasteiger partial charge is 0.416 e. The van der Waals surface area contributed by atoms with Gasteiger partial charge in [0.2, 0.25) is 5.91 Å². The molecule has 3 amide bonds. The van der Waals surface area contributed by atoms with Gasteiger partial charge in [-0.05, 0) is 81.7 Å². The summed E-state index contributed by atoms with van der Waals surface area (Å²) in [5, 5.41) is 13.3. The molecule has 1 unspecified atom stereocenters. The van der Waals surface area contributed by atoms with Crippen LogP contribution in [-0.4, -0.2) is 50.8 Å². The van der Waals surface area contributed by atoms with Crippen LogP contribution in [0.5, 0.6) is 17.2 Å². The normalized spacial score (nSPS) is 14.6. The van der Waals surface area contributed by atoms with Gasteiger partial charge < -0.3 is 47.5 Å². The zero-order chi connectivity index (χ0) is 36.3. The lowest BCUT2D eigenvalue weighted by atomic mass is 10.1. The number of hydrogen-bond acceptors (Lipinski definition) is 8. The monoisotopic (exact) mass is 711 g/mol. The second kappa shape index (κ2) is 17.3. The van der Waals surface area contributed by atoms with Crippen molar-refractivity contribution in [3.63, 3.8) is 0 Å². The Balaban J connectivity index is 1.58. The minimum absolute atomic E-state index is 0.00609. The minimum atomic E-state index is -4.84. The van der Waals surface area contributed by atoms with Crippen molar-refractivity contribution in [1.29, 1.82) is 0 Å². The van der Waals surface area contributed by atoms with E-state index in [1.165, 1.54) is 30.3 Å². The maximum absolute atomic E-state index is 14.0. The Bertz CT molecular complexity index is 1610. The number of halogens is 6. The number of benzene rings is 3. The first-order valence-corrected chi connectivity index (χ1v) is 15.9. The molecule has 0 aliphatic carbocycles. The maximum atomic E-state index is 14.0. The molecule has 11 nitrogen and oxygen atoms in total. The summed E-state index contributed by atoms with van der Waals surface area (Å²) in [6, 6.07) is 9.29. The first-order chi connectivity index (χ1) is 23.7. The van der Waals surface area contributed by atoms with Crippen LogP contribution in [0.25, 0.3) is 0 Å². The molecule has 0 spiro atoms. The van der Waals surface area contributed by atoms with E-state index in [1.54, 1.807) is 0 Å². The van der Waals surface area contributed by atoms with Crippen LogP contribution < -0.4 is 47.5 Å². The summed E-state index contributed by atoms with van der Waals surface area (Å²) in [4.78, 5) is 25.8. The second-order valence-corrected chi connectivity index (χ2v) is 11.4. The molecule has 1 atom stereocenters. The van der Waals surface area contributed by atoms with E-state index in [1.807, 2.05) is 0 Å². The lowest BCUT2D eigenvalue weighted by Crippen LogP contribution is -2.25. The standard InChI is InChI=1S/C33H39F6N7O4/c34-32(35,36)20-13-23(43-11-4-10-41)18-26(14-20)49-24-6-3-5-22(17-24)44-31(48)46-28-16-21(33(37,38)39)15-27(45-29(47)7-1-2-9-40)30(28)50-25-8-12-42-19-25/h3,5-6,13-18,25,42-43H,1-2,4,7-12,19,40-41H2,(H,45,47)(H2,44,46,48). The van der Waals surface area contributed by atoms with Gasteiger partial charge in [-0.3, -0.25) is 4.79 Å². The zero-order valence-corrected chi connectivity index (χ0v) is 26.9. The highest BCUT2D eigenvalue weighted by Gasteiger charge is 2.34. The number of rotatable bonds is 15. The molecular weight excluding hydrogens is 672 g/mol. The van der Waals surface area contributed by atoms with E-state index in [9.17, 15) is 35.9 Å². The van der Waals surface area contributed by atoms with Gasteiger partial charge in [0.05, 0.1) is 22.5 Å². The van der Waals surface area contributed by atoms with Gasteiger partial charge in [0.1, 0.15) is 17.6 Å². The molecule has 3 aromatic carbocycles. The molecule has 0 radical (unpaired) electrons. The van der Waals surface area contributed by atoms with Crippen LogP contribution in [0, 0.1) is 0 Å². The number of urea groups is 1. The van der Waals surface area contributed by atoms with Crippen LogP contribution >= 0.6 is 0 Å². The molecule has 0 aromatic heterocycles. The number of carbonyl (C=O) groups is 2. The number of anilines is 4. The Morgan fingerprint density at radius 3 is 2.14 bits per heavy atom. The highest BCUT2D eigenvalue weighted by atomic mass is 19.4. The number of nitrogens with one attached hydrogen (secondary N) is 5. The van der Waals surface area contributed by atoms with Crippen LogP contribution in [0.2, 0.25) is 0 Å². The summed E-state index contributed by atoms with van der Waals surface area (Å²) in [5.41, 5.74) is 8.51. The molecule has 272 valence electrons. The van der Waals surface area contributed by atoms with E-state index in [-0.39, 0.29) is 46.4 Å². The van der Waals surface area contributed by atoms with Gasteiger partial charge >= 0.3 is 18.4 Å². The fourth-order valence-electron chi connectivity index (χ4n) is 4.96. The lowest BCUT2D eigenvalue weighted by molar-refractivity contribution is -0.138. The Morgan fingerprint density at radius 1 is 0.800 bits per heavy atom. The van der Waals surface area contributed by atoms with Crippen molar-refractivity contribution in [2.75, 3.05) is 54.0 Å². The molecule has 9 N–H and O–H groups in total. The van der Waals surface area contributed by atoms with Crippen LogP contribution in [0.15, 0.2) is 54.6 Å². The molecule has 17 heteroatoms. The van der Waals surface area contributed by atoms with E-state index in [0.29, 0.717) is 64.5 Å². The Hall–Kier alpha value is -4.74. The summed E-state index contributed by atoms with van der Waals surface area (Å²) in [7, 11) is 0. The fraction of sp³-hybridized carbons (Fsp3) is 0.394. The topological polar surface area (TPSA) is 165 Å². The van der Waals surface area contributed by atoms with Crippen molar-refractivity contribution in [2.45, 2.75) is 50.6 Å². The Morgan fingerprint density at radius 2 is 1.48 bits per heavy atom. The zero-order valence-electron chi connectivity index (χ0n) is 26.9. The molecule has 1 fully saturated rings. The van der Waals surface area contributed by atoms with Crippen LogP contribution in [0.4, 0.5) is 53.9 Å². The molecule has 1 aliphatic rings. The Labute approximate surface area is 284 Å². The van der Waals surface area contributed by atoms with E-state index >= 15 is 0 Å². The first kappa shape index (κ1) is 38.1. The van der Waals surface area contributed by atoms with E-state index in [2.05, 4.69) is 26.6 Å². The number of carbonyl (C=O) groups excluding carboxylic acids is 2. The number of hydrogen-bond donors (Lipinski definition) is 7. The number of amides is 3.